The van der Waals surface area contributed by atoms with Crippen LogP contribution in [0.3, 0.4) is 0 Å². The van der Waals surface area contributed by atoms with Gasteiger partial charge in [-0.15, -0.1) is 0 Å². The van der Waals surface area contributed by atoms with E-state index in [1.165, 1.54) is 0 Å². The van der Waals surface area contributed by atoms with Crippen LogP contribution in [0.15, 0.2) is 30.3 Å². The topological polar surface area (TPSA) is 21.3 Å². The highest BCUT2D eigenvalue weighted by Gasteiger charge is 2.13. The summed E-state index contributed by atoms with van der Waals surface area (Å²) in [6.07, 6.45) is 0. The second-order valence-electron chi connectivity index (χ2n) is 4.49. The first kappa shape index (κ1) is 15.3. The van der Waals surface area contributed by atoms with Gasteiger partial charge in [0.05, 0.1) is 0 Å². The van der Waals surface area contributed by atoms with Crippen LogP contribution < -0.4 is 10.1 Å². The second kappa shape index (κ2) is 6.58. The van der Waals surface area contributed by atoms with Gasteiger partial charge in [0.2, 0.25) is 0 Å². The van der Waals surface area contributed by atoms with Gasteiger partial charge >= 0.3 is 0 Å². The zero-order chi connectivity index (χ0) is 15.4. The third-order valence-corrected chi connectivity index (χ3v) is 2.74. The fourth-order valence-electron chi connectivity index (χ4n) is 1.91. The molecule has 2 aromatic carbocycles. The predicted molar refractivity (Wildman–Crippen MR) is 69.8 cm³/mol. The molecule has 112 valence electrons. The number of hydrogen-bond donors (Lipinski definition) is 1. The Kier molecular flexibility index (Phi) is 4.80. The molecule has 0 amide bonds. The summed E-state index contributed by atoms with van der Waals surface area (Å²) in [7, 11) is 1.65. The molecule has 0 aliphatic rings. The van der Waals surface area contributed by atoms with E-state index < -0.39 is 29.0 Å². The van der Waals surface area contributed by atoms with Crippen LogP contribution >= 0.6 is 0 Å². The quantitative estimate of drug-likeness (QED) is 0.853. The maximum atomic E-state index is 13.8. The number of nitrogens with one attached hydrogen (secondary N) is 1. The zero-order valence-corrected chi connectivity index (χ0v) is 11.2. The van der Waals surface area contributed by atoms with Gasteiger partial charge < -0.3 is 10.1 Å². The number of ether oxygens (including phenoxy) is 1. The van der Waals surface area contributed by atoms with Gasteiger partial charge in [0, 0.05) is 12.6 Å². The molecule has 0 spiro atoms. The number of halogens is 4. The van der Waals surface area contributed by atoms with Gasteiger partial charge in [-0.2, -0.15) is 0 Å². The predicted octanol–water partition coefficient (Wildman–Crippen LogP) is 3.54. The lowest BCUT2D eigenvalue weighted by Gasteiger charge is -2.10. The molecule has 6 heteroatoms. The molecule has 0 fully saturated rings. The van der Waals surface area contributed by atoms with Gasteiger partial charge in [0.1, 0.15) is 18.2 Å². The van der Waals surface area contributed by atoms with Gasteiger partial charge in [-0.05, 0) is 42.4 Å². The number of benzene rings is 2. The van der Waals surface area contributed by atoms with Crippen LogP contribution in [0.5, 0.6) is 5.75 Å². The highest BCUT2D eigenvalue weighted by Crippen LogP contribution is 2.24. The molecule has 0 aromatic heterocycles. The highest BCUT2D eigenvalue weighted by molar-refractivity contribution is 5.31. The summed E-state index contributed by atoms with van der Waals surface area (Å²) in [5.41, 5.74) is 0.572. The first-order chi connectivity index (χ1) is 9.99. The third kappa shape index (κ3) is 3.95. The van der Waals surface area contributed by atoms with Gasteiger partial charge in [-0.25, -0.2) is 17.6 Å². The molecule has 2 aromatic rings. The summed E-state index contributed by atoms with van der Waals surface area (Å²) in [5.74, 6) is -3.86. The Bertz CT molecular complexity index is 602. The minimum absolute atomic E-state index is 0.144. The van der Waals surface area contributed by atoms with Gasteiger partial charge in [-0.3, -0.25) is 0 Å². The lowest BCUT2D eigenvalue weighted by Crippen LogP contribution is -2.07. The van der Waals surface area contributed by atoms with Gasteiger partial charge in [-0.1, -0.05) is 0 Å². The molecule has 0 atom stereocenters. The van der Waals surface area contributed by atoms with Crippen molar-refractivity contribution >= 4 is 0 Å². The summed E-state index contributed by atoms with van der Waals surface area (Å²) in [4.78, 5) is 0. The summed E-state index contributed by atoms with van der Waals surface area (Å²) >= 11 is 0. The molecule has 2 nitrogen and oxygen atoms in total. The van der Waals surface area contributed by atoms with Crippen molar-refractivity contribution in [1.82, 2.24) is 5.32 Å². The van der Waals surface area contributed by atoms with Crippen molar-refractivity contribution in [2.45, 2.75) is 13.2 Å². The SMILES string of the molecule is CNCc1cc(F)c(OCc2cc(F)cc(F)c2)c(F)c1. The van der Waals surface area contributed by atoms with Gasteiger partial charge in [0.25, 0.3) is 0 Å². The molecule has 0 radical (unpaired) electrons. The monoisotopic (exact) mass is 299 g/mol. The van der Waals surface area contributed by atoms with E-state index in [9.17, 15) is 17.6 Å². The van der Waals surface area contributed by atoms with E-state index in [0.29, 0.717) is 18.2 Å². The lowest BCUT2D eigenvalue weighted by atomic mass is 10.2. The molecular formula is C15H13F4NO. The molecule has 0 aliphatic heterocycles. The van der Waals surface area contributed by atoms with Crippen molar-refractivity contribution in [3.05, 3.63) is 64.7 Å². The van der Waals surface area contributed by atoms with Crippen molar-refractivity contribution in [3.8, 4) is 5.75 Å². The first-order valence-electron chi connectivity index (χ1n) is 6.20. The Hall–Kier alpha value is -2.08. The van der Waals surface area contributed by atoms with Crippen LogP contribution in [0.2, 0.25) is 0 Å². The summed E-state index contributed by atoms with van der Waals surface area (Å²) in [5, 5.41) is 2.77. The van der Waals surface area contributed by atoms with Crippen LogP contribution in [0, 0.1) is 23.3 Å². The van der Waals surface area contributed by atoms with Crippen LogP contribution in [0.4, 0.5) is 17.6 Å². The fraction of sp³-hybridized carbons (Fsp3) is 0.200. The van der Waals surface area contributed by atoms with E-state index in [1.807, 2.05) is 0 Å². The minimum atomic E-state index is -0.864. The van der Waals surface area contributed by atoms with E-state index in [2.05, 4.69) is 5.32 Å². The molecule has 1 N–H and O–H groups in total. The van der Waals surface area contributed by atoms with Crippen molar-refractivity contribution in [3.63, 3.8) is 0 Å². The summed E-state index contributed by atoms with van der Waals surface area (Å²) in [6.45, 7) is -0.0306. The zero-order valence-electron chi connectivity index (χ0n) is 11.2. The largest absolute Gasteiger partial charge is 0.483 e. The molecule has 2 rings (SSSR count). The molecule has 0 saturated heterocycles. The van der Waals surface area contributed by atoms with E-state index in [-0.39, 0.29) is 12.2 Å². The van der Waals surface area contributed by atoms with Crippen LogP contribution in [0.25, 0.3) is 0 Å². The van der Waals surface area contributed by atoms with Crippen molar-refractivity contribution < 1.29 is 22.3 Å². The average Bonchev–Trinajstić information content (AvgIpc) is 2.36. The molecule has 21 heavy (non-hydrogen) atoms. The van der Waals surface area contributed by atoms with Crippen LogP contribution in [-0.2, 0) is 13.2 Å². The second-order valence-corrected chi connectivity index (χ2v) is 4.49. The number of hydrogen-bond acceptors (Lipinski definition) is 2. The first-order valence-corrected chi connectivity index (χ1v) is 6.20. The Morgan fingerprint density at radius 3 is 1.95 bits per heavy atom. The lowest BCUT2D eigenvalue weighted by molar-refractivity contribution is 0.272. The molecular weight excluding hydrogens is 286 g/mol. The Morgan fingerprint density at radius 1 is 0.857 bits per heavy atom. The molecule has 0 unspecified atom stereocenters. The van der Waals surface area contributed by atoms with Crippen molar-refractivity contribution in [2.75, 3.05) is 7.05 Å². The molecule has 0 saturated carbocycles. The maximum Gasteiger partial charge on any atom is 0.191 e. The normalized spacial score (nSPS) is 10.7. The van der Waals surface area contributed by atoms with E-state index in [1.54, 1.807) is 7.05 Å². The van der Waals surface area contributed by atoms with E-state index in [0.717, 1.165) is 24.3 Å². The molecule has 0 heterocycles. The molecule has 0 bridgehead atoms. The standard InChI is InChI=1S/C15H13F4NO/c1-20-7-9-4-13(18)15(14(19)5-9)21-8-10-2-11(16)6-12(17)3-10/h2-6,20H,7-8H2,1H3. The van der Waals surface area contributed by atoms with E-state index >= 15 is 0 Å². The van der Waals surface area contributed by atoms with Crippen LogP contribution in [0.1, 0.15) is 11.1 Å². The average molecular weight is 299 g/mol. The van der Waals surface area contributed by atoms with E-state index in [4.69, 9.17) is 4.74 Å². The van der Waals surface area contributed by atoms with Crippen molar-refractivity contribution in [2.24, 2.45) is 0 Å². The Morgan fingerprint density at radius 2 is 1.43 bits per heavy atom. The van der Waals surface area contributed by atoms with Crippen molar-refractivity contribution in [1.29, 1.82) is 0 Å². The summed E-state index contributed by atoms with van der Waals surface area (Å²) in [6, 6.07) is 5.06. The maximum absolute atomic E-state index is 13.8. The van der Waals surface area contributed by atoms with Crippen LogP contribution in [-0.4, -0.2) is 7.05 Å². The molecule has 0 aliphatic carbocycles. The minimum Gasteiger partial charge on any atom is -0.483 e. The Balaban J connectivity index is 2.16. The highest BCUT2D eigenvalue weighted by atomic mass is 19.1. The fourth-order valence-corrected chi connectivity index (χ4v) is 1.91. The smallest absolute Gasteiger partial charge is 0.191 e. The Labute approximate surface area is 119 Å². The summed E-state index contributed by atoms with van der Waals surface area (Å²) < 4.78 is 58.5. The number of rotatable bonds is 5. The van der Waals surface area contributed by atoms with Gasteiger partial charge in [0.15, 0.2) is 17.4 Å². The third-order valence-electron chi connectivity index (χ3n) is 2.74.